The van der Waals surface area contributed by atoms with Gasteiger partial charge in [-0.1, -0.05) is 31.9 Å². The fourth-order valence-corrected chi connectivity index (χ4v) is 5.47. The van der Waals surface area contributed by atoms with Gasteiger partial charge in [0.1, 0.15) is 0 Å². The van der Waals surface area contributed by atoms with E-state index in [1.807, 2.05) is 0 Å². The Morgan fingerprint density at radius 1 is 0.962 bits per heavy atom. The van der Waals surface area contributed by atoms with Crippen LogP contribution in [-0.4, -0.2) is 53.5 Å². The standard InChI is InChI=1S/C19H19Br3N2O2/c20-12-1-2-18-15(7-12)16-8-13(21)9-17(22)19(16)24(18)11-14(25)10-23-3-5-26-6-4-23/h1-2,7-9,14,25H,3-6,10-11H2/t14-/m1/s1. The summed E-state index contributed by atoms with van der Waals surface area (Å²) in [6, 6.07) is 10.5. The molecule has 7 heteroatoms. The molecule has 0 aliphatic carbocycles. The smallest absolute Gasteiger partial charge is 0.0846 e. The van der Waals surface area contributed by atoms with Crippen LogP contribution in [0.1, 0.15) is 0 Å². The van der Waals surface area contributed by atoms with Crippen LogP contribution in [0.3, 0.4) is 0 Å². The van der Waals surface area contributed by atoms with Gasteiger partial charge in [-0.25, -0.2) is 0 Å². The summed E-state index contributed by atoms with van der Waals surface area (Å²) in [5, 5.41) is 13.1. The predicted octanol–water partition coefficient (Wildman–Crippen LogP) is 4.78. The first-order valence-corrected chi connectivity index (χ1v) is 11.0. The van der Waals surface area contributed by atoms with E-state index in [0.717, 1.165) is 50.8 Å². The summed E-state index contributed by atoms with van der Waals surface area (Å²) in [6.45, 7) is 4.47. The van der Waals surface area contributed by atoms with Crippen molar-refractivity contribution < 1.29 is 9.84 Å². The Kier molecular flexibility index (Phi) is 5.74. The number of fused-ring (bicyclic) bond motifs is 3. The van der Waals surface area contributed by atoms with Gasteiger partial charge in [0.15, 0.2) is 0 Å². The topological polar surface area (TPSA) is 37.6 Å². The fourth-order valence-electron chi connectivity index (χ4n) is 3.67. The van der Waals surface area contributed by atoms with Crippen LogP contribution in [0, 0.1) is 0 Å². The molecule has 1 saturated heterocycles. The van der Waals surface area contributed by atoms with Gasteiger partial charge in [0, 0.05) is 49.3 Å². The van der Waals surface area contributed by atoms with Crippen LogP contribution in [0.5, 0.6) is 0 Å². The highest BCUT2D eigenvalue weighted by molar-refractivity contribution is 9.11. The van der Waals surface area contributed by atoms with Gasteiger partial charge in [0.25, 0.3) is 0 Å². The molecule has 1 atom stereocenters. The number of morpholine rings is 1. The van der Waals surface area contributed by atoms with Gasteiger partial charge in [0.05, 0.1) is 31.4 Å². The van der Waals surface area contributed by atoms with Gasteiger partial charge in [-0.05, 0) is 46.3 Å². The maximum absolute atomic E-state index is 10.8. The number of nitrogens with zero attached hydrogens (tertiary/aromatic N) is 2. The average Bonchev–Trinajstić information content (AvgIpc) is 2.89. The summed E-state index contributed by atoms with van der Waals surface area (Å²) >= 11 is 10.9. The van der Waals surface area contributed by atoms with Gasteiger partial charge >= 0.3 is 0 Å². The van der Waals surface area contributed by atoms with Crippen molar-refractivity contribution in [1.29, 1.82) is 0 Å². The van der Waals surface area contributed by atoms with Crippen LogP contribution in [-0.2, 0) is 11.3 Å². The first-order chi connectivity index (χ1) is 12.5. The number of aromatic nitrogens is 1. The first-order valence-electron chi connectivity index (χ1n) is 8.57. The molecule has 0 unspecified atom stereocenters. The summed E-state index contributed by atoms with van der Waals surface area (Å²) in [7, 11) is 0. The van der Waals surface area contributed by atoms with E-state index < -0.39 is 6.10 Å². The Hall–Kier alpha value is -0.440. The summed E-state index contributed by atoms with van der Waals surface area (Å²) in [4.78, 5) is 2.27. The first kappa shape index (κ1) is 18.9. The van der Waals surface area contributed by atoms with Crippen molar-refractivity contribution in [3.63, 3.8) is 0 Å². The van der Waals surface area contributed by atoms with Gasteiger partial charge in [-0.3, -0.25) is 4.90 Å². The minimum absolute atomic E-state index is 0.439. The molecule has 0 saturated carbocycles. The van der Waals surface area contributed by atoms with E-state index in [1.54, 1.807) is 0 Å². The van der Waals surface area contributed by atoms with Crippen LogP contribution in [0.2, 0.25) is 0 Å². The monoisotopic (exact) mass is 544 g/mol. The third kappa shape index (κ3) is 3.75. The SMILES string of the molecule is O[C@H](CN1CCOCC1)Cn1c2ccc(Br)cc2c2cc(Br)cc(Br)c21. The van der Waals surface area contributed by atoms with Gasteiger partial charge in [-0.2, -0.15) is 0 Å². The predicted molar refractivity (Wildman–Crippen MR) is 116 cm³/mol. The fraction of sp³-hybridized carbons (Fsp3) is 0.368. The lowest BCUT2D eigenvalue weighted by Gasteiger charge is -2.28. The molecule has 1 aromatic heterocycles. The zero-order valence-corrected chi connectivity index (χ0v) is 18.8. The van der Waals surface area contributed by atoms with Crippen molar-refractivity contribution in [2.45, 2.75) is 12.6 Å². The van der Waals surface area contributed by atoms with Crippen molar-refractivity contribution in [2.24, 2.45) is 0 Å². The second-order valence-electron chi connectivity index (χ2n) is 6.62. The molecular weight excluding hydrogens is 528 g/mol. The van der Waals surface area contributed by atoms with E-state index >= 15 is 0 Å². The highest BCUT2D eigenvalue weighted by Gasteiger charge is 2.19. The minimum Gasteiger partial charge on any atom is -0.390 e. The number of ether oxygens (including phenoxy) is 1. The Morgan fingerprint density at radius 3 is 2.46 bits per heavy atom. The highest BCUT2D eigenvalue weighted by Crippen LogP contribution is 2.37. The second-order valence-corrected chi connectivity index (χ2v) is 9.31. The second kappa shape index (κ2) is 7.89. The number of aliphatic hydroxyl groups excluding tert-OH is 1. The molecular formula is C19H19Br3N2O2. The number of benzene rings is 2. The molecule has 0 bridgehead atoms. The van der Waals surface area contributed by atoms with Gasteiger partial charge < -0.3 is 14.4 Å². The zero-order chi connectivity index (χ0) is 18.3. The van der Waals surface area contributed by atoms with E-state index in [1.165, 1.54) is 10.8 Å². The van der Waals surface area contributed by atoms with Crippen molar-refractivity contribution >= 4 is 69.6 Å². The lowest BCUT2D eigenvalue weighted by Crippen LogP contribution is -2.42. The van der Waals surface area contributed by atoms with Crippen LogP contribution in [0.25, 0.3) is 21.8 Å². The normalized spacial score (nSPS) is 17.2. The molecule has 3 aromatic rings. The molecule has 0 radical (unpaired) electrons. The Bertz CT molecular complexity index is 951. The van der Waals surface area contributed by atoms with E-state index in [4.69, 9.17) is 4.74 Å². The average molecular weight is 547 g/mol. The molecule has 4 rings (SSSR count). The number of hydrogen-bond acceptors (Lipinski definition) is 3. The van der Waals surface area contributed by atoms with E-state index in [0.29, 0.717) is 13.1 Å². The molecule has 138 valence electrons. The molecule has 1 aliphatic rings. The summed E-state index contributed by atoms with van der Waals surface area (Å²) < 4.78 is 10.7. The molecule has 2 heterocycles. The Labute approximate surface area is 177 Å². The van der Waals surface area contributed by atoms with Crippen molar-refractivity contribution in [1.82, 2.24) is 9.47 Å². The number of aliphatic hydroxyl groups is 1. The quantitative estimate of drug-likeness (QED) is 0.512. The van der Waals surface area contributed by atoms with E-state index in [9.17, 15) is 5.11 Å². The van der Waals surface area contributed by atoms with Crippen molar-refractivity contribution in [3.8, 4) is 0 Å². The third-order valence-corrected chi connectivity index (χ3v) is 6.36. The van der Waals surface area contributed by atoms with Crippen LogP contribution in [0.15, 0.2) is 43.7 Å². The van der Waals surface area contributed by atoms with E-state index in [-0.39, 0.29) is 0 Å². The lowest BCUT2D eigenvalue weighted by atomic mass is 10.2. The molecule has 2 aromatic carbocycles. The maximum atomic E-state index is 10.8. The molecule has 0 spiro atoms. The summed E-state index contributed by atoms with van der Waals surface area (Å²) in [5.41, 5.74) is 2.24. The van der Waals surface area contributed by atoms with Crippen LogP contribution in [0.4, 0.5) is 0 Å². The summed E-state index contributed by atoms with van der Waals surface area (Å²) in [5.74, 6) is 0. The number of β-amino-alcohol motifs (C(OH)–C–C–N with tert-alkyl or cyclic N) is 1. The Morgan fingerprint density at radius 2 is 1.69 bits per heavy atom. The molecule has 1 fully saturated rings. The van der Waals surface area contributed by atoms with Crippen LogP contribution >= 0.6 is 47.8 Å². The minimum atomic E-state index is -0.439. The lowest BCUT2D eigenvalue weighted by molar-refractivity contribution is 0.0119. The summed E-state index contributed by atoms with van der Waals surface area (Å²) in [6.07, 6.45) is -0.439. The maximum Gasteiger partial charge on any atom is 0.0846 e. The molecule has 4 nitrogen and oxygen atoms in total. The third-order valence-electron chi connectivity index (χ3n) is 4.80. The molecule has 1 aliphatic heterocycles. The van der Waals surface area contributed by atoms with E-state index in [2.05, 4.69) is 87.6 Å². The Balaban J connectivity index is 1.75. The highest BCUT2D eigenvalue weighted by atomic mass is 79.9. The largest absolute Gasteiger partial charge is 0.390 e. The van der Waals surface area contributed by atoms with Crippen molar-refractivity contribution in [2.75, 3.05) is 32.8 Å². The zero-order valence-electron chi connectivity index (χ0n) is 14.1. The molecule has 26 heavy (non-hydrogen) atoms. The van der Waals surface area contributed by atoms with Crippen LogP contribution < -0.4 is 0 Å². The molecule has 1 N–H and O–H groups in total. The number of halogens is 3. The van der Waals surface area contributed by atoms with Gasteiger partial charge in [0.2, 0.25) is 0 Å². The molecule has 0 amide bonds. The van der Waals surface area contributed by atoms with Gasteiger partial charge in [-0.15, -0.1) is 0 Å². The van der Waals surface area contributed by atoms with Crippen molar-refractivity contribution in [3.05, 3.63) is 43.7 Å². The number of hydrogen-bond donors (Lipinski definition) is 1. The number of rotatable bonds is 4.